The molecule has 14 heavy (non-hydrogen) atoms. The van der Waals surface area contributed by atoms with Gasteiger partial charge in [0.15, 0.2) is 0 Å². The number of methoxy groups -OCH3 is 1. The average molecular weight is 271 g/mol. The summed E-state index contributed by atoms with van der Waals surface area (Å²) in [6.07, 6.45) is 0. The molecule has 0 aliphatic heterocycles. The number of ether oxygens (including phenoxy) is 1. The van der Waals surface area contributed by atoms with Crippen LogP contribution < -0.4 is 4.74 Å². The zero-order valence-corrected chi connectivity index (χ0v) is 9.80. The molecule has 3 nitrogen and oxygen atoms in total. The molecule has 0 aliphatic carbocycles. The molecule has 0 N–H and O–H groups in total. The Kier molecular flexibility index (Phi) is 2.79. The molecule has 1 heterocycles. The van der Waals surface area contributed by atoms with Gasteiger partial charge in [-0.3, -0.25) is 0 Å². The van der Waals surface area contributed by atoms with Gasteiger partial charge in [-0.2, -0.15) is 4.37 Å². The van der Waals surface area contributed by atoms with E-state index >= 15 is 0 Å². The first-order valence-corrected chi connectivity index (χ1v) is 5.50. The Balaban J connectivity index is 2.33. The van der Waals surface area contributed by atoms with E-state index in [1.807, 2.05) is 24.3 Å². The lowest BCUT2D eigenvalue weighted by Gasteiger charge is -1.99. The summed E-state index contributed by atoms with van der Waals surface area (Å²) in [4.78, 5) is 4.22. The van der Waals surface area contributed by atoms with Crippen molar-refractivity contribution < 1.29 is 4.74 Å². The minimum absolute atomic E-state index is 0.633. The number of hydrogen-bond donors (Lipinski definition) is 0. The van der Waals surface area contributed by atoms with Gasteiger partial charge in [-0.05, 0) is 51.7 Å². The Morgan fingerprint density at radius 2 is 2.00 bits per heavy atom. The first kappa shape index (κ1) is 9.61. The summed E-state index contributed by atoms with van der Waals surface area (Å²) in [6.45, 7) is 0. The molecule has 0 saturated carbocycles. The van der Waals surface area contributed by atoms with Gasteiger partial charge < -0.3 is 4.74 Å². The SMILES string of the molecule is COc1ccc(-c2nc(Br)ns2)cc1. The molecule has 0 radical (unpaired) electrons. The fraction of sp³-hybridized carbons (Fsp3) is 0.111. The highest BCUT2D eigenvalue weighted by Gasteiger charge is 2.03. The largest absolute Gasteiger partial charge is 0.497 e. The van der Waals surface area contributed by atoms with Crippen molar-refractivity contribution in [3.8, 4) is 16.3 Å². The van der Waals surface area contributed by atoms with Gasteiger partial charge in [0.05, 0.1) is 7.11 Å². The zero-order valence-electron chi connectivity index (χ0n) is 7.40. The van der Waals surface area contributed by atoms with Crippen LogP contribution in [0.15, 0.2) is 29.0 Å². The van der Waals surface area contributed by atoms with Gasteiger partial charge in [-0.25, -0.2) is 4.98 Å². The Labute approximate surface area is 94.1 Å². The molecule has 2 rings (SSSR count). The van der Waals surface area contributed by atoms with Crippen LogP contribution >= 0.6 is 27.5 Å². The molecule has 0 atom stereocenters. The quantitative estimate of drug-likeness (QED) is 0.842. The maximum absolute atomic E-state index is 5.07. The van der Waals surface area contributed by atoms with E-state index in [0.29, 0.717) is 4.73 Å². The molecule has 5 heteroatoms. The molecule has 0 bridgehead atoms. The van der Waals surface area contributed by atoms with Gasteiger partial charge in [0, 0.05) is 5.56 Å². The molecule has 0 fully saturated rings. The minimum atomic E-state index is 0.633. The number of hydrogen-bond acceptors (Lipinski definition) is 4. The molecule has 0 amide bonds. The second-order valence-corrected chi connectivity index (χ2v) is 4.06. The van der Waals surface area contributed by atoms with Crippen molar-refractivity contribution in [1.82, 2.24) is 9.36 Å². The maximum atomic E-state index is 5.07. The van der Waals surface area contributed by atoms with Crippen LogP contribution in [0.3, 0.4) is 0 Å². The normalized spacial score (nSPS) is 10.1. The summed E-state index contributed by atoms with van der Waals surface area (Å²) in [5, 5.41) is 0.902. The number of nitrogens with zero attached hydrogens (tertiary/aromatic N) is 2. The lowest BCUT2D eigenvalue weighted by atomic mass is 10.2. The van der Waals surface area contributed by atoms with Gasteiger partial charge in [0.1, 0.15) is 10.8 Å². The molecule has 0 unspecified atom stereocenters. The van der Waals surface area contributed by atoms with E-state index in [-0.39, 0.29) is 0 Å². The second kappa shape index (κ2) is 4.06. The first-order chi connectivity index (χ1) is 6.79. The van der Waals surface area contributed by atoms with Gasteiger partial charge in [0.25, 0.3) is 0 Å². The van der Waals surface area contributed by atoms with Crippen molar-refractivity contribution in [3.05, 3.63) is 29.0 Å². The van der Waals surface area contributed by atoms with E-state index in [0.717, 1.165) is 16.3 Å². The van der Waals surface area contributed by atoms with E-state index in [1.54, 1.807) is 7.11 Å². The van der Waals surface area contributed by atoms with Crippen LogP contribution in [0.1, 0.15) is 0 Å². The molecule has 0 spiro atoms. The highest BCUT2D eigenvalue weighted by molar-refractivity contribution is 9.10. The van der Waals surface area contributed by atoms with Gasteiger partial charge in [-0.15, -0.1) is 0 Å². The molecule has 0 aliphatic rings. The fourth-order valence-electron chi connectivity index (χ4n) is 1.06. The minimum Gasteiger partial charge on any atom is -0.497 e. The predicted octanol–water partition coefficient (Wildman–Crippen LogP) is 2.98. The van der Waals surface area contributed by atoms with Crippen LogP contribution in [0.5, 0.6) is 5.75 Å². The Morgan fingerprint density at radius 1 is 1.29 bits per heavy atom. The fourth-order valence-corrected chi connectivity index (χ4v) is 2.14. The van der Waals surface area contributed by atoms with Crippen LogP contribution in [-0.4, -0.2) is 16.5 Å². The summed E-state index contributed by atoms with van der Waals surface area (Å²) in [5.74, 6) is 0.845. The van der Waals surface area contributed by atoms with E-state index in [2.05, 4.69) is 25.3 Å². The van der Waals surface area contributed by atoms with Crippen LogP contribution in [0.4, 0.5) is 0 Å². The molecule has 72 valence electrons. The zero-order chi connectivity index (χ0) is 9.97. The number of halogens is 1. The molecular formula is C9H7BrN2OS. The maximum Gasteiger partial charge on any atom is 0.209 e. The third kappa shape index (κ3) is 1.93. The van der Waals surface area contributed by atoms with Crippen molar-refractivity contribution in [2.24, 2.45) is 0 Å². The predicted molar refractivity (Wildman–Crippen MR) is 59.6 cm³/mol. The van der Waals surface area contributed by atoms with Gasteiger partial charge >= 0.3 is 0 Å². The summed E-state index contributed by atoms with van der Waals surface area (Å²) in [5.41, 5.74) is 1.05. The highest BCUT2D eigenvalue weighted by Crippen LogP contribution is 2.24. The number of benzene rings is 1. The van der Waals surface area contributed by atoms with Crippen LogP contribution in [-0.2, 0) is 0 Å². The van der Waals surface area contributed by atoms with E-state index in [9.17, 15) is 0 Å². The average Bonchev–Trinajstić information content (AvgIpc) is 2.65. The molecule has 1 aromatic carbocycles. The van der Waals surface area contributed by atoms with Gasteiger partial charge in [0.2, 0.25) is 4.73 Å². The van der Waals surface area contributed by atoms with Crippen molar-refractivity contribution in [2.45, 2.75) is 0 Å². The standard InChI is InChI=1S/C9H7BrN2OS/c1-13-7-4-2-6(3-5-7)8-11-9(10)12-14-8/h2-5H,1H3. The number of aromatic nitrogens is 2. The molecule has 1 aromatic heterocycles. The third-order valence-electron chi connectivity index (χ3n) is 1.74. The summed E-state index contributed by atoms with van der Waals surface area (Å²) < 4.78 is 9.75. The Morgan fingerprint density at radius 3 is 2.50 bits per heavy atom. The molecule has 0 saturated heterocycles. The monoisotopic (exact) mass is 270 g/mol. The molecule has 2 aromatic rings. The number of rotatable bonds is 2. The Bertz CT molecular complexity index is 427. The lowest BCUT2D eigenvalue weighted by Crippen LogP contribution is -1.82. The van der Waals surface area contributed by atoms with Crippen LogP contribution in [0, 0.1) is 0 Å². The molecular weight excluding hydrogens is 264 g/mol. The van der Waals surface area contributed by atoms with Gasteiger partial charge in [-0.1, -0.05) is 0 Å². The first-order valence-electron chi connectivity index (χ1n) is 3.93. The van der Waals surface area contributed by atoms with Crippen molar-refractivity contribution in [3.63, 3.8) is 0 Å². The van der Waals surface area contributed by atoms with Crippen molar-refractivity contribution in [1.29, 1.82) is 0 Å². The highest BCUT2D eigenvalue weighted by atomic mass is 79.9. The van der Waals surface area contributed by atoms with Crippen molar-refractivity contribution in [2.75, 3.05) is 7.11 Å². The van der Waals surface area contributed by atoms with E-state index < -0.39 is 0 Å². The Hall–Kier alpha value is -0.940. The summed E-state index contributed by atoms with van der Waals surface area (Å²) in [7, 11) is 1.65. The van der Waals surface area contributed by atoms with E-state index in [4.69, 9.17) is 4.74 Å². The summed E-state index contributed by atoms with van der Waals surface area (Å²) >= 11 is 4.59. The summed E-state index contributed by atoms with van der Waals surface area (Å²) in [6, 6.07) is 7.74. The second-order valence-electron chi connectivity index (χ2n) is 2.60. The third-order valence-corrected chi connectivity index (χ3v) is 3.09. The smallest absolute Gasteiger partial charge is 0.209 e. The topological polar surface area (TPSA) is 35.0 Å². The lowest BCUT2D eigenvalue weighted by molar-refractivity contribution is 0.415. The van der Waals surface area contributed by atoms with Crippen LogP contribution in [0.2, 0.25) is 0 Å². The van der Waals surface area contributed by atoms with E-state index in [1.165, 1.54) is 11.5 Å². The van der Waals surface area contributed by atoms with Crippen LogP contribution in [0.25, 0.3) is 10.6 Å². The van der Waals surface area contributed by atoms with Crippen molar-refractivity contribution >= 4 is 27.5 Å².